The van der Waals surface area contributed by atoms with E-state index in [-0.39, 0.29) is 6.03 Å². The number of benzene rings is 1. The number of methoxy groups -OCH3 is 2. The highest BCUT2D eigenvalue weighted by Gasteiger charge is 2.22. The van der Waals surface area contributed by atoms with Crippen LogP contribution in [0.15, 0.2) is 30.5 Å². The van der Waals surface area contributed by atoms with Crippen LogP contribution < -0.4 is 14.8 Å². The normalized spacial score (nSPS) is 13.2. The minimum atomic E-state index is -0.0685. The maximum atomic E-state index is 12.5. The molecule has 2 heterocycles. The Labute approximate surface area is 147 Å². The van der Waals surface area contributed by atoms with Crippen LogP contribution in [0.2, 0.25) is 0 Å². The van der Waals surface area contributed by atoms with Crippen LogP contribution >= 0.6 is 0 Å². The Balaban J connectivity index is 1.65. The number of pyridine rings is 1. The second kappa shape index (κ2) is 7.42. The van der Waals surface area contributed by atoms with Gasteiger partial charge in [0.1, 0.15) is 0 Å². The average molecular weight is 341 g/mol. The minimum Gasteiger partial charge on any atom is -0.493 e. The Kier molecular flexibility index (Phi) is 5.07. The van der Waals surface area contributed by atoms with E-state index in [9.17, 15) is 4.79 Å². The average Bonchev–Trinajstić information content (AvgIpc) is 2.65. The number of ether oxygens (including phenoxy) is 2. The summed E-state index contributed by atoms with van der Waals surface area (Å²) in [6, 6.07) is 7.81. The summed E-state index contributed by atoms with van der Waals surface area (Å²) in [6.45, 7) is 3.66. The molecule has 0 unspecified atom stereocenters. The van der Waals surface area contributed by atoms with Crippen molar-refractivity contribution in [2.75, 3.05) is 20.8 Å². The van der Waals surface area contributed by atoms with Crippen LogP contribution in [0, 0.1) is 6.92 Å². The molecule has 25 heavy (non-hydrogen) atoms. The van der Waals surface area contributed by atoms with Crippen molar-refractivity contribution < 1.29 is 14.3 Å². The van der Waals surface area contributed by atoms with E-state index < -0.39 is 0 Å². The van der Waals surface area contributed by atoms with E-state index in [0.717, 1.165) is 29.0 Å². The lowest BCUT2D eigenvalue weighted by Crippen LogP contribution is -2.42. The van der Waals surface area contributed by atoms with Crippen molar-refractivity contribution in [1.82, 2.24) is 15.2 Å². The smallest absolute Gasteiger partial charge is 0.317 e. The zero-order chi connectivity index (χ0) is 17.8. The van der Waals surface area contributed by atoms with Crippen LogP contribution in [0.3, 0.4) is 0 Å². The monoisotopic (exact) mass is 341 g/mol. The number of aryl methyl sites for hydroxylation is 1. The van der Waals surface area contributed by atoms with Crippen molar-refractivity contribution in [1.29, 1.82) is 0 Å². The fraction of sp³-hybridized carbons (Fsp3) is 0.368. The Morgan fingerprint density at radius 3 is 2.56 bits per heavy atom. The third kappa shape index (κ3) is 3.84. The van der Waals surface area contributed by atoms with Crippen molar-refractivity contribution in [2.24, 2.45) is 0 Å². The second-order valence-corrected chi connectivity index (χ2v) is 6.11. The topological polar surface area (TPSA) is 63.7 Å². The zero-order valence-corrected chi connectivity index (χ0v) is 14.8. The number of nitrogens with one attached hydrogen (secondary N) is 1. The van der Waals surface area contributed by atoms with E-state index in [1.54, 1.807) is 20.4 Å². The molecule has 1 N–H and O–H groups in total. The summed E-state index contributed by atoms with van der Waals surface area (Å²) in [6.07, 6.45) is 2.59. The third-order valence-corrected chi connectivity index (χ3v) is 4.42. The lowest BCUT2D eigenvalue weighted by atomic mass is 9.99. The highest BCUT2D eigenvalue weighted by Crippen LogP contribution is 2.33. The Morgan fingerprint density at radius 2 is 1.92 bits per heavy atom. The van der Waals surface area contributed by atoms with Crippen LogP contribution in [0.1, 0.15) is 22.4 Å². The molecule has 0 saturated heterocycles. The molecule has 0 aliphatic carbocycles. The molecule has 1 aromatic carbocycles. The Bertz CT molecular complexity index is 759. The molecule has 0 atom stereocenters. The third-order valence-electron chi connectivity index (χ3n) is 4.42. The molecule has 0 saturated carbocycles. The van der Waals surface area contributed by atoms with Crippen LogP contribution in [-0.4, -0.2) is 36.7 Å². The van der Waals surface area contributed by atoms with E-state index in [0.29, 0.717) is 25.4 Å². The quantitative estimate of drug-likeness (QED) is 0.929. The SMILES string of the molecule is COc1cc2c(cc1OC)CN(C(=O)NCc1ccc(C)nc1)CC2. The van der Waals surface area contributed by atoms with Crippen LogP contribution in [-0.2, 0) is 19.5 Å². The summed E-state index contributed by atoms with van der Waals surface area (Å²) in [4.78, 5) is 18.5. The van der Waals surface area contributed by atoms with Crippen molar-refractivity contribution in [3.05, 3.63) is 52.8 Å². The van der Waals surface area contributed by atoms with Gasteiger partial charge in [0.25, 0.3) is 0 Å². The summed E-state index contributed by atoms with van der Waals surface area (Å²) in [5.74, 6) is 1.42. The number of amides is 2. The first-order chi connectivity index (χ1) is 12.1. The number of rotatable bonds is 4. The molecule has 0 radical (unpaired) electrons. The van der Waals surface area contributed by atoms with Gasteiger partial charge in [0.2, 0.25) is 0 Å². The molecule has 0 bridgehead atoms. The van der Waals surface area contributed by atoms with Gasteiger partial charge >= 0.3 is 6.03 Å². The zero-order valence-electron chi connectivity index (χ0n) is 14.8. The number of urea groups is 1. The summed E-state index contributed by atoms with van der Waals surface area (Å²) in [5.41, 5.74) is 4.25. The van der Waals surface area contributed by atoms with Gasteiger partial charge in [0.05, 0.1) is 14.2 Å². The molecular formula is C19H23N3O3. The van der Waals surface area contributed by atoms with Gasteiger partial charge in [-0.2, -0.15) is 0 Å². The maximum absolute atomic E-state index is 12.5. The molecule has 132 valence electrons. The van der Waals surface area contributed by atoms with Gasteiger partial charge in [-0.1, -0.05) is 6.07 Å². The Morgan fingerprint density at radius 1 is 1.20 bits per heavy atom. The van der Waals surface area contributed by atoms with Crippen LogP contribution in [0.25, 0.3) is 0 Å². The lowest BCUT2D eigenvalue weighted by molar-refractivity contribution is 0.191. The number of carbonyl (C=O) groups is 1. The summed E-state index contributed by atoms with van der Waals surface area (Å²) in [7, 11) is 3.25. The van der Waals surface area contributed by atoms with E-state index in [1.807, 2.05) is 36.1 Å². The predicted molar refractivity (Wildman–Crippen MR) is 94.9 cm³/mol. The van der Waals surface area contributed by atoms with Crippen molar-refractivity contribution >= 4 is 6.03 Å². The number of carbonyl (C=O) groups excluding carboxylic acids is 1. The van der Waals surface area contributed by atoms with Gasteiger partial charge in [-0.3, -0.25) is 4.98 Å². The van der Waals surface area contributed by atoms with Crippen LogP contribution in [0.5, 0.6) is 11.5 Å². The fourth-order valence-electron chi connectivity index (χ4n) is 2.95. The van der Waals surface area contributed by atoms with E-state index in [1.165, 1.54) is 5.56 Å². The molecule has 1 aromatic heterocycles. The predicted octanol–water partition coefficient (Wildman–Crippen LogP) is 2.68. The largest absolute Gasteiger partial charge is 0.493 e. The number of fused-ring (bicyclic) bond motifs is 1. The first kappa shape index (κ1) is 17.1. The Hall–Kier alpha value is -2.76. The molecule has 3 rings (SSSR count). The van der Waals surface area contributed by atoms with Gasteiger partial charge in [-0.15, -0.1) is 0 Å². The minimum absolute atomic E-state index is 0.0685. The summed E-state index contributed by atoms with van der Waals surface area (Å²) in [5, 5.41) is 2.96. The van der Waals surface area contributed by atoms with Gasteiger partial charge in [-0.05, 0) is 48.2 Å². The number of nitrogens with zero attached hydrogens (tertiary/aromatic N) is 2. The summed E-state index contributed by atoms with van der Waals surface area (Å²) < 4.78 is 10.7. The number of hydrogen-bond donors (Lipinski definition) is 1. The molecular weight excluding hydrogens is 318 g/mol. The van der Waals surface area contributed by atoms with Crippen molar-refractivity contribution in [2.45, 2.75) is 26.4 Å². The van der Waals surface area contributed by atoms with Gasteiger partial charge in [0, 0.05) is 31.5 Å². The lowest BCUT2D eigenvalue weighted by Gasteiger charge is -2.29. The number of aromatic nitrogens is 1. The van der Waals surface area contributed by atoms with E-state index in [2.05, 4.69) is 10.3 Å². The van der Waals surface area contributed by atoms with E-state index >= 15 is 0 Å². The van der Waals surface area contributed by atoms with Gasteiger partial charge in [-0.25, -0.2) is 4.79 Å². The van der Waals surface area contributed by atoms with Crippen molar-refractivity contribution in [3.8, 4) is 11.5 Å². The van der Waals surface area contributed by atoms with E-state index in [4.69, 9.17) is 9.47 Å². The first-order valence-electron chi connectivity index (χ1n) is 8.29. The van der Waals surface area contributed by atoms with Crippen LogP contribution in [0.4, 0.5) is 4.79 Å². The highest BCUT2D eigenvalue weighted by atomic mass is 16.5. The van der Waals surface area contributed by atoms with Crippen molar-refractivity contribution in [3.63, 3.8) is 0 Å². The highest BCUT2D eigenvalue weighted by molar-refractivity contribution is 5.74. The summed E-state index contributed by atoms with van der Waals surface area (Å²) >= 11 is 0. The molecule has 1 aliphatic heterocycles. The first-order valence-corrected chi connectivity index (χ1v) is 8.29. The standard InChI is InChI=1S/C19H23N3O3/c1-13-4-5-14(10-20-13)11-21-19(23)22-7-6-15-8-17(24-2)18(25-3)9-16(15)12-22/h4-5,8-10H,6-7,11-12H2,1-3H3,(H,21,23). The molecule has 0 fully saturated rings. The molecule has 2 aromatic rings. The molecule has 6 nitrogen and oxygen atoms in total. The van der Waals surface area contributed by atoms with Gasteiger partial charge in [0.15, 0.2) is 11.5 Å². The molecule has 2 amide bonds. The second-order valence-electron chi connectivity index (χ2n) is 6.11. The fourth-order valence-corrected chi connectivity index (χ4v) is 2.95. The molecule has 0 spiro atoms. The maximum Gasteiger partial charge on any atom is 0.317 e. The molecule has 6 heteroatoms. The number of hydrogen-bond acceptors (Lipinski definition) is 4. The van der Waals surface area contributed by atoms with Gasteiger partial charge < -0.3 is 19.7 Å². The molecule has 1 aliphatic rings.